The molecule has 0 nitrogen and oxygen atoms in total. The molecule has 0 saturated carbocycles. The van der Waals surface area contributed by atoms with Crippen LogP contribution < -0.4 is 0 Å². The highest BCUT2D eigenvalue weighted by molar-refractivity contribution is 5.39. The van der Waals surface area contributed by atoms with Gasteiger partial charge >= 0.3 is 0 Å². The number of hydrogen-bond acceptors (Lipinski definition) is 0. The summed E-state index contributed by atoms with van der Waals surface area (Å²) in [5.41, 5.74) is 11.7. The molecule has 0 atom stereocenters. The molecule has 0 radical (unpaired) electrons. The highest BCUT2D eigenvalue weighted by Crippen LogP contribution is 2.41. The molecule has 2 aliphatic rings. The van der Waals surface area contributed by atoms with Gasteiger partial charge in [0, 0.05) is 0 Å². The molecule has 0 aromatic heterocycles. The van der Waals surface area contributed by atoms with Crippen LogP contribution in [0.2, 0.25) is 0 Å². The lowest BCUT2D eigenvalue weighted by Gasteiger charge is -2.33. The molecule has 0 saturated heterocycles. The third-order valence-electron chi connectivity index (χ3n) is 8.38. The van der Waals surface area contributed by atoms with E-state index in [-0.39, 0.29) is 0 Å². The zero-order valence-electron chi connectivity index (χ0n) is 27.3. The van der Waals surface area contributed by atoms with Crippen molar-refractivity contribution in [2.24, 2.45) is 10.8 Å². The molecule has 40 heavy (non-hydrogen) atoms. The number of rotatable bonds is 10. The van der Waals surface area contributed by atoms with Crippen LogP contribution >= 0.6 is 0 Å². The van der Waals surface area contributed by atoms with E-state index in [9.17, 15) is 0 Å². The van der Waals surface area contributed by atoms with Crippen LogP contribution in [0.3, 0.4) is 0 Å². The van der Waals surface area contributed by atoms with Gasteiger partial charge in [-0.2, -0.15) is 0 Å². The van der Waals surface area contributed by atoms with Crippen molar-refractivity contribution in [1.29, 1.82) is 0 Å². The van der Waals surface area contributed by atoms with Crippen LogP contribution in [0.1, 0.15) is 108 Å². The second-order valence-electron chi connectivity index (χ2n) is 13.3. The molecule has 0 amide bonds. The van der Waals surface area contributed by atoms with Crippen LogP contribution in [-0.2, 0) is 0 Å². The zero-order valence-corrected chi connectivity index (χ0v) is 27.3. The van der Waals surface area contributed by atoms with Crippen LogP contribution in [0.25, 0.3) is 0 Å². The predicted octanol–water partition coefficient (Wildman–Crippen LogP) is 12.6. The fraction of sp³-hybridized carbons (Fsp3) is 0.450. The third-order valence-corrected chi connectivity index (χ3v) is 8.38. The zero-order chi connectivity index (χ0) is 29.8. The Balaban J connectivity index is 1.89. The topological polar surface area (TPSA) is 0 Å². The lowest BCUT2D eigenvalue weighted by Crippen LogP contribution is -2.19. The highest BCUT2D eigenvalue weighted by atomic mass is 14.3. The van der Waals surface area contributed by atoms with Gasteiger partial charge in [0.2, 0.25) is 0 Å². The van der Waals surface area contributed by atoms with Gasteiger partial charge in [-0.25, -0.2) is 0 Å². The molecule has 0 fully saturated rings. The fourth-order valence-electron chi connectivity index (χ4n) is 5.79. The van der Waals surface area contributed by atoms with Crippen molar-refractivity contribution < 1.29 is 0 Å². The quantitative estimate of drug-likeness (QED) is 0.244. The van der Waals surface area contributed by atoms with Gasteiger partial charge in [0.1, 0.15) is 0 Å². The van der Waals surface area contributed by atoms with Gasteiger partial charge in [-0.1, -0.05) is 146 Å². The first-order valence-electron chi connectivity index (χ1n) is 15.3. The SMILES string of the molecule is CC1=C(\C=C/C(C)=C/C=C\C(C)=C\C=C/C=C(C)\C=C/C=C(C)/C=C/C2=C(C)CCCC2(C)C)C(C)(C)CCC1. The smallest absolute Gasteiger partial charge is 0.0104 e. The van der Waals surface area contributed by atoms with Crippen LogP contribution in [0, 0.1) is 10.8 Å². The minimum absolute atomic E-state index is 0.291. The third kappa shape index (κ3) is 11.3. The normalized spacial score (nSPS) is 21.9. The Morgan fingerprint density at radius 3 is 1.18 bits per heavy atom. The first kappa shape index (κ1) is 33.3. The van der Waals surface area contributed by atoms with Gasteiger partial charge in [-0.05, 0) is 102 Å². The molecule has 2 rings (SSSR count). The minimum Gasteiger partial charge on any atom is -0.0696 e. The van der Waals surface area contributed by atoms with Crippen molar-refractivity contribution in [3.8, 4) is 0 Å². The van der Waals surface area contributed by atoms with Gasteiger partial charge in [0.05, 0.1) is 0 Å². The summed E-state index contributed by atoms with van der Waals surface area (Å²) in [5, 5.41) is 0. The van der Waals surface area contributed by atoms with Gasteiger partial charge < -0.3 is 0 Å². The summed E-state index contributed by atoms with van der Waals surface area (Å²) in [7, 11) is 0. The van der Waals surface area contributed by atoms with E-state index < -0.39 is 0 Å². The Hall–Kier alpha value is -2.86. The van der Waals surface area contributed by atoms with E-state index in [0.717, 1.165) is 0 Å². The molecule has 0 N–H and O–H groups in total. The van der Waals surface area contributed by atoms with E-state index in [1.54, 1.807) is 11.1 Å². The summed E-state index contributed by atoms with van der Waals surface area (Å²) < 4.78 is 0. The van der Waals surface area contributed by atoms with E-state index >= 15 is 0 Å². The molecule has 216 valence electrons. The Morgan fingerprint density at radius 2 is 0.825 bits per heavy atom. The Bertz CT molecular complexity index is 1120. The summed E-state index contributed by atoms with van der Waals surface area (Å²) >= 11 is 0. The summed E-state index contributed by atoms with van der Waals surface area (Å²) in [4.78, 5) is 0. The molecular weight excluding hydrogens is 480 g/mol. The van der Waals surface area contributed by atoms with Crippen LogP contribution in [0.4, 0.5) is 0 Å². The molecule has 0 aromatic rings. The van der Waals surface area contributed by atoms with Crippen LogP contribution in [-0.4, -0.2) is 0 Å². The maximum absolute atomic E-state index is 2.37. The molecule has 0 aliphatic heterocycles. The molecule has 2 aliphatic carbocycles. The monoisotopic (exact) mass is 536 g/mol. The minimum atomic E-state index is 0.291. The summed E-state index contributed by atoms with van der Waals surface area (Å²) in [6.45, 7) is 22.7. The van der Waals surface area contributed by atoms with Crippen molar-refractivity contribution >= 4 is 0 Å². The van der Waals surface area contributed by atoms with Gasteiger partial charge in [-0.3, -0.25) is 0 Å². The predicted molar refractivity (Wildman–Crippen MR) is 181 cm³/mol. The van der Waals surface area contributed by atoms with E-state index in [1.807, 2.05) is 0 Å². The molecule has 0 heterocycles. The first-order chi connectivity index (χ1) is 18.8. The Labute approximate surface area is 247 Å². The van der Waals surface area contributed by atoms with E-state index in [4.69, 9.17) is 0 Å². The molecule has 0 aromatic carbocycles. The summed E-state index contributed by atoms with van der Waals surface area (Å²) in [6, 6.07) is 0. The molecule has 0 heteroatoms. The maximum Gasteiger partial charge on any atom is -0.0104 e. The molecule has 0 bridgehead atoms. The van der Waals surface area contributed by atoms with E-state index in [1.165, 1.54) is 72.0 Å². The van der Waals surface area contributed by atoms with Crippen LogP contribution in [0.15, 0.2) is 130 Å². The van der Waals surface area contributed by atoms with Gasteiger partial charge in [0.15, 0.2) is 0 Å². The van der Waals surface area contributed by atoms with Crippen LogP contribution in [0.5, 0.6) is 0 Å². The van der Waals surface area contributed by atoms with Crippen molar-refractivity contribution in [3.05, 3.63) is 130 Å². The first-order valence-corrected chi connectivity index (χ1v) is 15.3. The summed E-state index contributed by atoms with van der Waals surface area (Å²) in [6.07, 6.45) is 38.4. The maximum atomic E-state index is 2.37. The second kappa shape index (κ2) is 15.8. The Morgan fingerprint density at radius 1 is 0.500 bits per heavy atom. The molecule has 0 unspecified atom stereocenters. The van der Waals surface area contributed by atoms with Crippen molar-refractivity contribution in [1.82, 2.24) is 0 Å². The number of allylic oxidation sites excluding steroid dienone is 22. The molecular formula is C40H56. The lowest BCUT2D eigenvalue weighted by atomic mass is 9.72. The second-order valence-corrected chi connectivity index (χ2v) is 13.3. The van der Waals surface area contributed by atoms with Gasteiger partial charge in [-0.15, -0.1) is 0 Å². The van der Waals surface area contributed by atoms with Gasteiger partial charge in [0.25, 0.3) is 0 Å². The summed E-state index contributed by atoms with van der Waals surface area (Å²) in [5.74, 6) is 0. The van der Waals surface area contributed by atoms with Crippen molar-refractivity contribution in [2.75, 3.05) is 0 Å². The average molecular weight is 537 g/mol. The fourth-order valence-corrected chi connectivity index (χ4v) is 5.79. The Kier molecular flexibility index (Phi) is 13.2. The van der Waals surface area contributed by atoms with E-state index in [2.05, 4.69) is 154 Å². The highest BCUT2D eigenvalue weighted by Gasteiger charge is 2.27. The van der Waals surface area contributed by atoms with Crippen molar-refractivity contribution in [2.45, 2.75) is 108 Å². The average Bonchev–Trinajstić information content (AvgIpc) is 2.85. The van der Waals surface area contributed by atoms with E-state index in [0.29, 0.717) is 10.8 Å². The standard InChI is InChI=1S/C40H56/c1-31(19-13-21-33(3)25-27-37-35(5)23-15-29-39(37,7)8)17-11-12-18-32(2)20-14-22-34(4)26-28-38-36(6)24-16-30-40(38,9)10/h11-14,17-22,25-28H,15-16,23-24,29-30H2,1-10H3/b12-11-,19-13-,20-14-,27-25-,28-26+,31-17+,32-18-,33-21+,34-22+. The van der Waals surface area contributed by atoms with Crippen molar-refractivity contribution in [3.63, 3.8) is 0 Å². The number of hydrogen-bond donors (Lipinski definition) is 0. The molecule has 0 spiro atoms. The largest absolute Gasteiger partial charge is 0.0696 e. The lowest BCUT2D eigenvalue weighted by molar-refractivity contribution is 0.376.